The highest BCUT2D eigenvalue weighted by Crippen LogP contribution is 2.36. The van der Waals surface area contributed by atoms with E-state index in [2.05, 4.69) is 64.9 Å². The van der Waals surface area contributed by atoms with Crippen molar-refractivity contribution in [2.24, 2.45) is 0 Å². The molecule has 224 valence electrons. The first kappa shape index (κ1) is 27.9. The van der Waals surface area contributed by atoms with E-state index in [0.29, 0.717) is 19.6 Å². The monoisotopic (exact) mass is 589 g/mol. The van der Waals surface area contributed by atoms with E-state index < -0.39 is 0 Å². The number of fused-ring (bicyclic) bond motifs is 2. The summed E-state index contributed by atoms with van der Waals surface area (Å²) in [6.45, 7) is 5.57. The molecule has 44 heavy (non-hydrogen) atoms. The summed E-state index contributed by atoms with van der Waals surface area (Å²) < 4.78 is 24.9. The van der Waals surface area contributed by atoms with Gasteiger partial charge in [0.25, 0.3) is 0 Å². The quantitative estimate of drug-likeness (QED) is 0.172. The minimum absolute atomic E-state index is 0.238. The van der Waals surface area contributed by atoms with Gasteiger partial charge in [0.2, 0.25) is 13.6 Å². The van der Waals surface area contributed by atoms with Gasteiger partial charge in [-0.2, -0.15) is 0 Å². The molecule has 0 atom stereocenters. The number of unbranched alkanes of at least 4 members (excludes halogenated alkanes) is 1. The van der Waals surface area contributed by atoms with Crippen molar-refractivity contribution in [3.63, 3.8) is 0 Å². The molecular formula is C36H35N3O5. The van der Waals surface area contributed by atoms with Crippen LogP contribution in [0.15, 0.2) is 91.0 Å². The van der Waals surface area contributed by atoms with Crippen molar-refractivity contribution >= 4 is 0 Å². The maximum Gasteiger partial charge on any atom is 0.231 e. The van der Waals surface area contributed by atoms with Gasteiger partial charge in [-0.15, -0.1) is 0 Å². The maximum atomic E-state index is 10.0. The lowest BCUT2D eigenvalue weighted by molar-refractivity contribution is 0.173. The second-order valence-electron chi connectivity index (χ2n) is 11.2. The van der Waals surface area contributed by atoms with E-state index in [9.17, 15) is 5.11 Å². The van der Waals surface area contributed by atoms with Crippen molar-refractivity contribution in [3.05, 3.63) is 108 Å². The van der Waals surface area contributed by atoms with Crippen LogP contribution in [0.5, 0.6) is 28.7 Å². The van der Waals surface area contributed by atoms with Crippen LogP contribution in [0.4, 0.5) is 0 Å². The zero-order chi connectivity index (χ0) is 29.9. The highest BCUT2D eigenvalue weighted by molar-refractivity contribution is 5.68. The van der Waals surface area contributed by atoms with E-state index in [0.717, 1.165) is 81.9 Å². The third-order valence-corrected chi connectivity index (χ3v) is 8.04. The Morgan fingerprint density at radius 1 is 0.705 bits per heavy atom. The minimum Gasteiger partial charge on any atom is -0.508 e. The number of hydrogen-bond donors (Lipinski definition) is 1. The number of aromatic hydroxyl groups is 1. The fraction of sp³-hybridized carbons (Fsp3) is 0.250. The molecule has 7 rings (SSSR count). The van der Waals surface area contributed by atoms with Gasteiger partial charge in [-0.25, -0.2) is 4.98 Å². The molecule has 5 aromatic rings. The summed E-state index contributed by atoms with van der Waals surface area (Å²) >= 11 is 0. The minimum atomic E-state index is 0.238. The number of benzene rings is 4. The topological polar surface area (TPSA) is 78.2 Å². The van der Waals surface area contributed by atoms with E-state index in [1.165, 1.54) is 0 Å². The van der Waals surface area contributed by atoms with Crippen LogP contribution in [0.1, 0.15) is 36.6 Å². The largest absolute Gasteiger partial charge is 0.508 e. The lowest BCUT2D eigenvalue weighted by atomic mass is 10.1. The Labute approximate surface area is 257 Å². The molecule has 1 aromatic heterocycles. The summed E-state index contributed by atoms with van der Waals surface area (Å²) in [4.78, 5) is 7.71. The molecule has 0 saturated heterocycles. The number of rotatable bonds is 11. The predicted octanol–water partition coefficient (Wildman–Crippen LogP) is 7.38. The number of nitrogens with zero attached hydrogens (tertiary/aromatic N) is 3. The Morgan fingerprint density at radius 2 is 1.32 bits per heavy atom. The Hall–Kier alpha value is -4.95. The molecule has 3 heterocycles. The number of aromatic nitrogens is 2. The molecule has 2 aliphatic heterocycles. The van der Waals surface area contributed by atoms with E-state index in [1.54, 1.807) is 12.1 Å². The molecule has 0 unspecified atom stereocenters. The van der Waals surface area contributed by atoms with Gasteiger partial charge in [0.1, 0.15) is 11.6 Å². The number of phenolic OH excluding ortho intramolecular Hbond substituents is 1. The van der Waals surface area contributed by atoms with Crippen molar-refractivity contribution in [1.82, 2.24) is 14.5 Å². The smallest absolute Gasteiger partial charge is 0.231 e. The molecule has 0 fully saturated rings. The van der Waals surface area contributed by atoms with E-state index >= 15 is 0 Å². The summed E-state index contributed by atoms with van der Waals surface area (Å²) in [5.74, 6) is 4.24. The Morgan fingerprint density at radius 3 is 1.93 bits per heavy atom. The zero-order valence-corrected chi connectivity index (χ0v) is 24.7. The second kappa shape index (κ2) is 12.3. The van der Waals surface area contributed by atoms with Crippen molar-refractivity contribution < 1.29 is 24.1 Å². The number of phenols is 1. The molecule has 8 heteroatoms. The highest BCUT2D eigenvalue weighted by atomic mass is 16.7. The third-order valence-electron chi connectivity index (χ3n) is 8.04. The Kier molecular flexibility index (Phi) is 7.81. The van der Waals surface area contributed by atoms with Gasteiger partial charge < -0.3 is 28.6 Å². The average Bonchev–Trinajstić information content (AvgIpc) is 3.79. The zero-order valence-electron chi connectivity index (χ0n) is 24.7. The molecule has 4 aromatic carbocycles. The van der Waals surface area contributed by atoms with Crippen LogP contribution in [0.2, 0.25) is 0 Å². The Bertz CT molecular complexity index is 1690. The molecule has 0 radical (unpaired) electrons. The summed E-state index contributed by atoms with van der Waals surface area (Å²) in [5, 5.41) is 10.0. The lowest BCUT2D eigenvalue weighted by Gasteiger charge is -2.25. The SMILES string of the molecule is CCCCn1c(-c2ccc(O)cc2)nc(-c2ccccc2)c1CN(Cc1ccc2c(c1)OCO2)Cc1ccc2c(c1)OCO2. The van der Waals surface area contributed by atoms with Crippen molar-refractivity contribution in [2.75, 3.05) is 13.6 Å². The summed E-state index contributed by atoms with van der Waals surface area (Å²) in [7, 11) is 0. The van der Waals surface area contributed by atoms with Gasteiger partial charge in [-0.3, -0.25) is 4.90 Å². The standard InChI is InChI=1S/C36H35N3O5/c1-2-3-17-39-30(35(27-7-5-4-6-8-27)37-36(39)28-11-13-29(40)14-12-28)22-38(20-25-9-15-31-33(18-25)43-23-41-31)21-26-10-16-32-34(19-26)44-24-42-32/h4-16,18-19,40H,2-3,17,20-24H2,1H3. The molecule has 0 bridgehead atoms. The van der Waals surface area contributed by atoms with E-state index in [1.807, 2.05) is 30.3 Å². The maximum absolute atomic E-state index is 10.0. The van der Waals surface area contributed by atoms with Crippen LogP contribution >= 0.6 is 0 Å². The van der Waals surface area contributed by atoms with Gasteiger partial charge in [0.15, 0.2) is 23.0 Å². The van der Waals surface area contributed by atoms with Crippen LogP contribution in [0.25, 0.3) is 22.6 Å². The van der Waals surface area contributed by atoms with Crippen LogP contribution in [-0.2, 0) is 26.2 Å². The molecule has 0 saturated carbocycles. The first-order valence-corrected chi connectivity index (χ1v) is 15.1. The number of hydrogen-bond acceptors (Lipinski definition) is 7. The fourth-order valence-electron chi connectivity index (χ4n) is 5.84. The number of ether oxygens (including phenoxy) is 4. The summed E-state index contributed by atoms with van der Waals surface area (Å²) in [5.41, 5.74) is 6.42. The van der Waals surface area contributed by atoms with Crippen LogP contribution in [-0.4, -0.2) is 33.1 Å². The fourth-order valence-corrected chi connectivity index (χ4v) is 5.84. The Balaban J connectivity index is 1.31. The van der Waals surface area contributed by atoms with Gasteiger partial charge in [-0.05, 0) is 66.1 Å². The molecule has 0 amide bonds. The van der Waals surface area contributed by atoms with Crippen LogP contribution < -0.4 is 18.9 Å². The van der Waals surface area contributed by atoms with Crippen LogP contribution in [0.3, 0.4) is 0 Å². The van der Waals surface area contributed by atoms with Crippen molar-refractivity contribution in [3.8, 4) is 51.4 Å². The second-order valence-corrected chi connectivity index (χ2v) is 11.2. The molecular weight excluding hydrogens is 554 g/mol. The first-order valence-electron chi connectivity index (χ1n) is 15.1. The third kappa shape index (κ3) is 5.81. The number of imidazole rings is 1. The summed E-state index contributed by atoms with van der Waals surface area (Å²) in [6, 6.07) is 30.0. The molecule has 8 nitrogen and oxygen atoms in total. The van der Waals surface area contributed by atoms with E-state index in [4.69, 9.17) is 23.9 Å². The van der Waals surface area contributed by atoms with E-state index in [-0.39, 0.29) is 19.3 Å². The van der Waals surface area contributed by atoms with Gasteiger partial charge >= 0.3 is 0 Å². The van der Waals surface area contributed by atoms with Crippen molar-refractivity contribution in [2.45, 2.75) is 45.9 Å². The lowest BCUT2D eigenvalue weighted by Crippen LogP contribution is -2.24. The summed E-state index contributed by atoms with van der Waals surface area (Å²) in [6.07, 6.45) is 2.08. The van der Waals surface area contributed by atoms with Crippen molar-refractivity contribution in [1.29, 1.82) is 0 Å². The predicted molar refractivity (Wildman–Crippen MR) is 168 cm³/mol. The first-order chi connectivity index (χ1) is 21.6. The highest BCUT2D eigenvalue weighted by Gasteiger charge is 2.24. The molecule has 0 aliphatic carbocycles. The molecule has 1 N–H and O–H groups in total. The average molecular weight is 590 g/mol. The van der Waals surface area contributed by atoms with Gasteiger partial charge in [-0.1, -0.05) is 55.8 Å². The normalized spacial score (nSPS) is 13.1. The van der Waals surface area contributed by atoms with Gasteiger partial charge in [0, 0.05) is 37.3 Å². The molecule has 0 spiro atoms. The van der Waals surface area contributed by atoms with Crippen LogP contribution in [0, 0.1) is 0 Å². The van der Waals surface area contributed by atoms with Gasteiger partial charge in [0.05, 0.1) is 11.4 Å². The molecule has 2 aliphatic rings.